The molecule has 0 spiro atoms. The molecule has 0 amide bonds. The Morgan fingerprint density at radius 1 is 1.31 bits per heavy atom. The molecular formula is C7H6F5N. The van der Waals surface area contributed by atoms with Gasteiger partial charge in [-0.25, -0.2) is 8.78 Å². The minimum Gasteiger partial charge on any atom is -0.357 e. The lowest BCUT2D eigenvalue weighted by Crippen LogP contribution is -2.07. The summed E-state index contributed by atoms with van der Waals surface area (Å²) in [5.41, 5.74) is -2.15. The van der Waals surface area contributed by atoms with Crippen molar-refractivity contribution in [1.29, 1.82) is 0 Å². The summed E-state index contributed by atoms with van der Waals surface area (Å²) in [5.74, 6) is 0. The van der Waals surface area contributed by atoms with Crippen LogP contribution in [0, 0.1) is 6.92 Å². The number of hydrogen-bond acceptors (Lipinski definition) is 0. The maximum absolute atomic E-state index is 12.0. The first-order valence-electron chi connectivity index (χ1n) is 3.37. The SMILES string of the molecule is Cc1c(C(F)F)c[nH]c1C(F)(F)F. The Bertz CT molecular complexity index is 298. The summed E-state index contributed by atoms with van der Waals surface area (Å²) < 4.78 is 60.2. The van der Waals surface area contributed by atoms with Gasteiger partial charge in [0.1, 0.15) is 5.69 Å². The molecule has 0 saturated carbocycles. The van der Waals surface area contributed by atoms with Gasteiger partial charge >= 0.3 is 6.18 Å². The summed E-state index contributed by atoms with van der Waals surface area (Å²) in [7, 11) is 0. The highest BCUT2D eigenvalue weighted by molar-refractivity contribution is 5.32. The Morgan fingerprint density at radius 2 is 1.85 bits per heavy atom. The lowest BCUT2D eigenvalue weighted by molar-refractivity contribution is -0.141. The molecule has 13 heavy (non-hydrogen) atoms. The van der Waals surface area contributed by atoms with E-state index in [1.165, 1.54) is 0 Å². The molecule has 1 aromatic rings. The number of halogens is 5. The third kappa shape index (κ3) is 1.81. The van der Waals surface area contributed by atoms with E-state index in [-0.39, 0.29) is 0 Å². The van der Waals surface area contributed by atoms with Gasteiger partial charge in [0.25, 0.3) is 6.43 Å². The van der Waals surface area contributed by atoms with E-state index >= 15 is 0 Å². The fourth-order valence-corrected chi connectivity index (χ4v) is 1.03. The van der Waals surface area contributed by atoms with Crippen LogP contribution in [0.1, 0.15) is 23.2 Å². The van der Waals surface area contributed by atoms with Crippen LogP contribution in [-0.4, -0.2) is 4.98 Å². The Kier molecular flexibility index (Phi) is 2.32. The van der Waals surface area contributed by atoms with Crippen LogP contribution in [0.15, 0.2) is 6.20 Å². The van der Waals surface area contributed by atoms with Gasteiger partial charge in [0.05, 0.1) is 0 Å². The van der Waals surface area contributed by atoms with E-state index in [1.807, 2.05) is 0 Å². The van der Waals surface area contributed by atoms with Crippen molar-refractivity contribution in [3.8, 4) is 0 Å². The number of aromatic nitrogens is 1. The smallest absolute Gasteiger partial charge is 0.357 e. The van der Waals surface area contributed by atoms with E-state index in [9.17, 15) is 22.0 Å². The van der Waals surface area contributed by atoms with E-state index in [2.05, 4.69) is 0 Å². The summed E-state index contributed by atoms with van der Waals surface area (Å²) >= 11 is 0. The molecule has 1 aromatic heterocycles. The molecule has 1 heterocycles. The third-order valence-electron chi connectivity index (χ3n) is 1.70. The van der Waals surface area contributed by atoms with Gasteiger partial charge in [0.2, 0.25) is 0 Å². The van der Waals surface area contributed by atoms with E-state index in [0.717, 1.165) is 6.92 Å². The zero-order valence-electron chi connectivity index (χ0n) is 6.54. The Balaban J connectivity index is 3.14. The number of alkyl halides is 5. The second-order valence-corrected chi connectivity index (χ2v) is 2.54. The summed E-state index contributed by atoms with van der Waals surface area (Å²) in [4.78, 5) is 1.79. The van der Waals surface area contributed by atoms with Gasteiger partial charge in [0.15, 0.2) is 0 Å². The summed E-state index contributed by atoms with van der Waals surface area (Å²) in [5, 5.41) is 0. The molecular weight excluding hydrogens is 193 g/mol. The second kappa shape index (κ2) is 3.01. The highest BCUT2D eigenvalue weighted by Gasteiger charge is 2.35. The van der Waals surface area contributed by atoms with E-state index in [0.29, 0.717) is 6.20 Å². The predicted molar refractivity (Wildman–Crippen MR) is 35.5 cm³/mol. The van der Waals surface area contributed by atoms with Crippen molar-refractivity contribution in [2.45, 2.75) is 19.5 Å². The Labute approximate surface area is 70.6 Å². The van der Waals surface area contributed by atoms with Crippen LogP contribution >= 0.6 is 0 Å². The molecule has 0 bridgehead atoms. The van der Waals surface area contributed by atoms with Crippen LogP contribution in [0.25, 0.3) is 0 Å². The summed E-state index contributed by atoms with van der Waals surface area (Å²) in [6, 6.07) is 0. The quantitative estimate of drug-likeness (QED) is 0.668. The van der Waals surface area contributed by atoms with Crippen LogP contribution in [0.2, 0.25) is 0 Å². The molecule has 0 fully saturated rings. The highest BCUT2D eigenvalue weighted by atomic mass is 19.4. The fraction of sp³-hybridized carbons (Fsp3) is 0.429. The first kappa shape index (κ1) is 10.0. The van der Waals surface area contributed by atoms with Crippen molar-refractivity contribution in [2.75, 3.05) is 0 Å². The maximum Gasteiger partial charge on any atom is 0.431 e. The zero-order chi connectivity index (χ0) is 10.2. The van der Waals surface area contributed by atoms with Crippen molar-refractivity contribution >= 4 is 0 Å². The Hall–Kier alpha value is -1.07. The molecule has 0 unspecified atom stereocenters. The van der Waals surface area contributed by atoms with Crippen LogP contribution < -0.4 is 0 Å². The van der Waals surface area contributed by atoms with Gasteiger partial charge in [-0.3, -0.25) is 0 Å². The minimum atomic E-state index is -4.60. The topological polar surface area (TPSA) is 15.8 Å². The van der Waals surface area contributed by atoms with Crippen molar-refractivity contribution in [2.24, 2.45) is 0 Å². The van der Waals surface area contributed by atoms with Crippen molar-refractivity contribution < 1.29 is 22.0 Å². The summed E-state index contributed by atoms with van der Waals surface area (Å²) in [6.45, 7) is 1.01. The van der Waals surface area contributed by atoms with Crippen LogP contribution in [0.3, 0.4) is 0 Å². The molecule has 0 radical (unpaired) electrons. The molecule has 0 aliphatic heterocycles. The van der Waals surface area contributed by atoms with Crippen LogP contribution in [0.4, 0.5) is 22.0 Å². The predicted octanol–water partition coefficient (Wildman–Crippen LogP) is 3.28. The first-order valence-corrected chi connectivity index (χ1v) is 3.37. The van der Waals surface area contributed by atoms with E-state index in [4.69, 9.17) is 0 Å². The molecule has 1 nitrogen and oxygen atoms in total. The minimum absolute atomic E-state index is 0.442. The number of H-pyrrole nitrogens is 1. The number of hydrogen-bond donors (Lipinski definition) is 1. The van der Waals surface area contributed by atoms with Crippen LogP contribution in [-0.2, 0) is 6.18 Å². The number of nitrogens with one attached hydrogen (secondary N) is 1. The van der Waals surface area contributed by atoms with Gasteiger partial charge in [-0.2, -0.15) is 13.2 Å². The highest BCUT2D eigenvalue weighted by Crippen LogP contribution is 2.34. The average Bonchev–Trinajstić information content (AvgIpc) is 2.28. The molecule has 0 aliphatic carbocycles. The average molecular weight is 199 g/mol. The molecule has 0 saturated heterocycles. The normalized spacial score (nSPS) is 12.5. The van der Waals surface area contributed by atoms with Gasteiger partial charge in [-0.1, -0.05) is 0 Å². The standard InChI is InChI=1S/C7H6F5N/c1-3-4(6(8)9)2-13-5(3)7(10,11)12/h2,6,13H,1H3. The molecule has 0 aliphatic rings. The first-order chi connectivity index (χ1) is 5.84. The van der Waals surface area contributed by atoms with Crippen LogP contribution in [0.5, 0.6) is 0 Å². The largest absolute Gasteiger partial charge is 0.431 e. The van der Waals surface area contributed by atoms with Gasteiger partial charge in [-0.15, -0.1) is 0 Å². The molecule has 1 rings (SSSR count). The summed E-state index contributed by atoms with van der Waals surface area (Å²) in [6.07, 6.45) is -6.80. The molecule has 74 valence electrons. The lowest BCUT2D eigenvalue weighted by Gasteiger charge is -2.05. The third-order valence-corrected chi connectivity index (χ3v) is 1.70. The van der Waals surface area contributed by atoms with Crippen molar-refractivity contribution in [1.82, 2.24) is 4.98 Å². The molecule has 0 aromatic carbocycles. The molecule has 1 N–H and O–H groups in total. The van der Waals surface area contributed by atoms with Crippen molar-refractivity contribution in [3.63, 3.8) is 0 Å². The monoisotopic (exact) mass is 199 g/mol. The van der Waals surface area contributed by atoms with E-state index in [1.54, 1.807) is 4.98 Å². The van der Waals surface area contributed by atoms with Gasteiger partial charge in [-0.05, 0) is 12.5 Å². The van der Waals surface area contributed by atoms with Gasteiger partial charge < -0.3 is 4.98 Å². The fourth-order valence-electron chi connectivity index (χ4n) is 1.03. The van der Waals surface area contributed by atoms with Gasteiger partial charge in [0, 0.05) is 11.8 Å². The lowest BCUT2D eigenvalue weighted by atomic mass is 10.2. The Morgan fingerprint density at radius 3 is 2.08 bits per heavy atom. The zero-order valence-corrected chi connectivity index (χ0v) is 6.54. The molecule has 6 heteroatoms. The second-order valence-electron chi connectivity index (χ2n) is 2.54. The van der Waals surface area contributed by atoms with E-state index < -0.39 is 29.4 Å². The molecule has 0 atom stereocenters. The van der Waals surface area contributed by atoms with Crippen molar-refractivity contribution in [3.05, 3.63) is 23.0 Å². The maximum atomic E-state index is 12.0. The number of aromatic amines is 1. The number of rotatable bonds is 1.